The van der Waals surface area contributed by atoms with E-state index in [4.69, 9.17) is 47.4 Å². The quantitative estimate of drug-likeness (QED) is 0.0593. The number of esters is 1. The van der Waals surface area contributed by atoms with Crippen molar-refractivity contribution < 1.29 is 134 Å². The van der Waals surface area contributed by atoms with Crippen LogP contribution in [0.5, 0.6) is 0 Å². The van der Waals surface area contributed by atoms with Crippen LogP contribution in [0, 0.1) is 56.2 Å². The number of carbonyl (C=O) groups is 1. The average molecular weight is 1240 g/mol. The number of ether oxygens (including phenoxy) is 10. The molecule has 10 rings (SSSR count). The van der Waals surface area contributed by atoms with Gasteiger partial charge in [-0.1, -0.05) is 41.5 Å². The lowest BCUT2D eigenvalue weighted by Gasteiger charge is -2.73. The second-order valence-electron chi connectivity index (χ2n) is 28.9. The maximum Gasteiger partial charge on any atom is 0.314 e. The van der Waals surface area contributed by atoms with E-state index >= 15 is 4.79 Å². The Bertz CT molecular complexity index is 2320. The maximum atomic E-state index is 15.2. The predicted molar refractivity (Wildman–Crippen MR) is 289 cm³/mol. The molecular weight excluding hydrogens is 1140 g/mol. The highest BCUT2D eigenvalue weighted by Gasteiger charge is 2.72. The molecule has 16 N–H and O–H groups in total. The fourth-order valence-corrected chi connectivity index (χ4v) is 18.5. The fourth-order valence-electron chi connectivity index (χ4n) is 18.5. The third-order valence-corrected chi connectivity index (χ3v) is 23.9. The molecule has 0 bridgehead atoms. The third kappa shape index (κ3) is 11.2. The molecule has 86 heavy (non-hydrogen) atoms. The zero-order valence-electron chi connectivity index (χ0n) is 50.2. The van der Waals surface area contributed by atoms with Crippen LogP contribution < -0.4 is 0 Å². The number of rotatable bonds is 14. The standard InChI is InChI=1S/C59H98O27/c1-24-34(65)46(84-49-42(73)39(70)37(68)29(20-61)80-49)44(75)51(78-24)85-47-35(66)27(64)22-77-52(47)82-33-11-12-55(4)31(56(33,5)23-63)10-13-58(7)32(55)9-8-25-26-18-54(2,3)14-16-59(26,17-15-57(25,58)6)53(76)86-50-43(74)40(71)45(30(21-62)81-50)83-48-41(72)38(69)36(67)28(19-60)79-48/h24-52,60-75H,8-23H2,1-7H3. The lowest BCUT2D eigenvalue weighted by molar-refractivity contribution is -0.383. The molecule has 5 saturated carbocycles. The summed E-state index contributed by atoms with van der Waals surface area (Å²) >= 11 is 0. The van der Waals surface area contributed by atoms with Crippen LogP contribution in [-0.4, -0.2) is 274 Å². The summed E-state index contributed by atoms with van der Waals surface area (Å²) in [4.78, 5) is 15.2. The number of carbonyl (C=O) groups excluding carboxylic acids is 1. The van der Waals surface area contributed by atoms with E-state index in [0.29, 0.717) is 38.5 Å². The van der Waals surface area contributed by atoms with Gasteiger partial charge in [-0.3, -0.25) is 4.79 Å². The Hall–Kier alpha value is -1.53. The molecule has 10 fully saturated rings. The molecule has 5 saturated heterocycles. The van der Waals surface area contributed by atoms with Gasteiger partial charge < -0.3 is 129 Å². The fraction of sp³-hybridized carbons (Fsp3) is 0.983. The van der Waals surface area contributed by atoms with Crippen molar-refractivity contribution >= 4 is 5.97 Å². The normalized spacial score (nSPS) is 55.7. The summed E-state index contributed by atoms with van der Waals surface area (Å²) in [5.74, 6) is -0.581. The molecule has 0 aromatic carbocycles. The van der Waals surface area contributed by atoms with Gasteiger partial charge in [0, 0.05) is 5.41 Å². The van der Waals surface area contributed by atoms with E-state index < -0.39 is 190 Å². The van der Waals surface area contributed by atoms with Crippen LogP contribution in [0.4, 0.5) is 0 Å². The highest BCUT2D eigenvalue weighted by molar-refractivity contribution is 5.78. The Kier molecular flexibility index (Phi) is 19.6. The van der Waals surface area contributed by atoms with E-state index in [1.165, 1.54) is 6.92 Å². The molecule has 10 aliphatic rings. The predicted octanol–water partition coefficient (Wildman–Crippen LogP) is -3.49. The summed E-state index contributed by atoms with van der Waals surface area (Å²) < 4.78 is 59.8. The van der Waals surface area contributed by atoms with Gasteiger partial charge in [0.15, 0.2) is 25.2 Å². The van der Waals surface area contributed by atoms with E-state index in [0.717, 1.165) is 32.1 Å². The van der Waals surface area contributed by atoms with Gasteiger partial charge >= 0.3 is 5.97 Å². The van der Waals surface area contributed by atoms with E-state index in [-0.39, 0.29) is 58.5 Å². The van der Waals surface area contributed by atoms with E-state index in [2.05, 4.69) is 34.6 Å². The van der Waals surface area contributed by atoms with Crippen LogP contribution in [-0.2, 0) is 52.2 Å². The number of aliphatic hydroxyl groups is 16. The number of hydrogen-bond acceptors (Lipinski definition) is 27. The second-order valence-corrected chi connectivity index (χ2v) is 28.9. The molecule has 0 aromatic heterocycles. The van der Waals surface area contributed by atoms with E-state index in [1.54, 1.807) is 0 Å². The summed E-state index contributed by atoms with van der Waals surface area (Å²) in [5.41, 5.74) is -2.86. The molecule has 0 spiro atoms. The van der Waals surface area contributed by atoms with Crippen molar-refractivity contribution in [1.29, 1.82) is 0 Å². The Morgan fingerprint density at radius 3 is 1.63 bits per heavy atom. The summed E-state index contributed by atoms with van der Waals surface area (Å²) in [6.07, 6.45) is -32.5. The van der Waals surface area contributed by atoms with Crippen molar-refractivity contribution in [3.05, 3.63) is 0 Å². The summed E-state index contributed by atoms with van der Waals surface area (Å²) in [5, 5.41) is 173. The molecule has 496 valence electrons. The lowest BCUT2D eigenvalue weighted by Crippen LogP contribution is -2.69. The van der Waals surface area contributed by atoms with Gasteiger partial charge in [-0.05, 0) is 123 Å². The van der Waals surface area contributed by atoms with Gasteiger partial charge in [0.2, 0.25) is 6.29 Å². The molecule has 27 heteroatoms. The van der Waals surface area contributed by atoms with Crippen molar-refractivity contribution in [3.63, 3.8) is 0 Å². The van der Waals surface area contributed by atoms with Gasteiger partial charge in [0.25, 0.3) is 0 Å². The van der Waals surface area contributed by atoms with Crippen molar-refractivity contribution in [2.75, 3.05) is 33.0 Å². The minimum atomic E-state index is -1.89. The Morgan fingerprint density at radius 2 is 1.02 bits per heavy atom. The average Bonchev–Trinajstić information content (AvgIpc) is 0.694. The summed E-state index contributed by atoms with van der Waals surface area (Å²) in [6, 6.07) is 0. The first-order valence-corrected chi connectivity index (χ1v) is 31.1. The van der Waals surface area contributed by atoms with Crippen molar-refractivity contribution in [2.24, 2.45) is 56.2 Å². The van der Waals surface area contributed by atoms with Gasteiger partial charge in [-0.15, -0.1) is 0 Å². The number of fused-ring (bicyclic) bond motifs is 7. The smallest absolute Gasteiger partial charge is 0.314 e. The molecule has 5 heterocycles. The molecule has 5 aliphatic carbocycles. The molecule has 0 radical (unpaired) electrons. The number of aliphatic hydroxyl groups excluding tert-OH is 16. The molecule has 34 atom stereocenters. The van der Waals surface area contributed by atoms with Gasteiger partial charge in [0.1, 0.15) is 110 Å². The number of hydrogen-bond donors (Lipinski definition) is 16. The minimum absolute atomic E-state index is 0.0626. The Morgan fingerprint density at radius 1 is 0.465 bits per heavy atom. The van der Waals surface area contributed by atoms with E-state index in [1.807, 2.05) is 6.92 Å². The monoisotopic (exact) mass is 1240 g/mol. The van der Waals surface area contributed by atoms with Crippen LogP contribution in [0.1, 0.15) is 119 Å². The molecule has 5 aliphatic heterocycles. The highest BCUT2D eigenvalue weighted by atomic mass is 16.8. The third-order valence-electron chi connectivity index (χ3n) is 23.9. The largest absolute Gasteiger partial charge is 0.432 e. The maximum absolute atomic E-state index is 15.2. The van der Waals surface area contributed by atoms with Crippen LogP contribution in [0.2, 0.25) is 0 Å². The first-order chi connectivity index (χ1) is 40.4. The van der Waals surface area contributed by atoms with Crippen molar-refractivity contribution in [3.8, 4) is 0 Å². The van der Waals surface area contributed by atoms with Gasteiger partial charge in [-0.25, -0.2) is 0 Å². The topological polar surface area (TPSA) is 433 Å². The van der Waals surface area contributed by atoms with Gasteiger partial charge in [0.05, 0.1) is 50.7 Å². The molecule has 34 unspecified atom stereocenters. The zero-order chi connectivity index (χ0) is 62.7. The van der Waals surface area contributed by atoms with Crippen molar-refractivity contribution in [1.82, 2.24) is 0 Å². The molecule has 0 aromatic rings. The Balaban J connectivity index is 0.835. The van der Waals surface area contributed by atoms with Gasteiger partial charge in [-0.2, -0.15) is 0 Å². The second kappa shape index (κ2) is 25.1. The van der Waals surface area contributed by atoms with E-state index in [9.17, 15) is 81.7 Å². The first kappa shape index (κ1) is 67.4. The Labute approximate surface area is 500 Å². The molecular formula is C59H98O27. The molecule has 0 amide bonds. The van der Waals surface area contributed by atoms with Crippen LogP contribution >= 0.6 is 0 Å². The highest BCUT2D eigenvalue weighted by Crippen LogP contribution is 2.77. The SMILES string of the molecule is CC1OC(OC2C(OC3CCC4(C)C(CCC5(C)C4CCC4C6CC(C)(C)CCC6(C(=O)OC6OC(CO)C(OC7OC(CO)C(O)C(O)C7O)C(O)C6O)CCC45C)C3(C)CO)OCC(O)C2O)C(O)C(OC2OC(CO)C(O)C(O)C2O)C1O. The summed E-state index contributed by atoms with van der Waals surface area (Å²) in [7, 11) is 0. The first-order valence-electron chi connectivity index (χ1n) is 31.1. The van der Waals surface area contributed by atoms with Crippen LogP contribution in [0.15, 0.2) is 0 Å². The molecule has 27 nitrogen and oxygen atoms in total. The summed E-state index contributed by atoms with van der Waals surface area (Å²) in [6.45, 7) is 12.1. The van der Waals surface area contributed by atoms with Crippen LogP contribution in [0.25, 0.3) is 0 Å². The van der Waals surface area contributed by atoms with Crippen LogP contribution in [0.3, 0.4) is 0 Å². The minimum Gasteiger partial charge on any atom is -0.432 e. The lowest BCUT2D eigenvalue weighted by atomic mass is 9.31. The zero-order valence-corrected chi connectivity index (χ0v) is 50.2. The van der Waals surface area contributed by atoms with Crippen molar-refractivity contribution in [2.45, 2.75) is 273 Å².